The zero-order valence-corrected chi connectivity index (χ0v) is 7.94. The molecule has 0 amide bonds. The lowest BCUT2D eigenvalue weighted by molar-refractivity contribution is 0.332. The van der Waals surface area contributed by atoms with Gasteiger partial charge in [-0.05, 0) is 12.8 Å². The highest BCUT2D eigenvalue weighted by Gasteiger charge is 2.16. The predicted molar refractivity (Wildman–Crippen MR) is 50.5 cm³/mol. The topological polar surface area (TPSA) is 33.1 Å². The summed E-state index contributed by atoms with van der Waals surface area (Å²) in [4.78, 5) is 0. The monoisotopic (exact) mass is 169 g/mol. The van der Waals surface area contributed by atoms with E-state index in [4.69, 9.17) is 10.1 Å². The van der Waals surface area contributed by atoms with Crippen LogP contribution < -0.4 is 0 Å². The normalized spacial score (nSPS) is 21.1. The van der Waals surface area contributed by atoms with Crippen molar-refractivity contribution in [1.82, 2.24) is 0 Å². The van der Waals surface area contributed by atoms with Crippen LogP contribution in [0.2, 0.25) is 0 Å². The lowest BCUT2D eigenvalue weighted by Crippen LogP contribution is -2.16. The molecule has 0 aromatic rings. The van der Waals surface area contributed by atoms with Crippen LogP contribution in [0.3, 0.4) is 0 Å². The molecule has 1 saturated carbocycles. The maximum Gasteiger partial charge on any atom is 0.183 e. The molecule has 0 heterocycles. The van der Waals surface area contributed by atoms with Gasteiger partial charge in [0.2, 0.25) is 0 Å². The van der Waals surface area contributed by atoms with E-state index < -0.39 is 0 Å². The van der Waals surface area contributed by atoms with Gasteiger partial charge < -0.3 is 4.74 Å². The van der Waals surface area contributed by atoms with Crippen LogP contribution in [0.15, 0.2) is 0 Å². The molecule has 1 rings (SSSR count). The van der Waals surface area contributed by atoms with Gasteiger partial charge in [-0.1, -0.05) is 32.1 Å². The van der Waals surface area contributed by atoms with E-state index in [0.29, 0.717) is 11.8 Å². The molecule has 1 fully saturated rings. The highest BCUT2D eigenvalue weighted by Crippen LogP contribution is 2.22. The van der Waals surface area contributed by atoms with E-state index in [1.165, 1.54) is 32.1 Å². The third-order valence-corrected chi connectivity index (χ3v) is 2.70. The number of hydrogen-bond donors (Lipinski definition) is 1. The fraction of sp³-hybridized carbons (Fsp3) is 0.900. The number of hydrogen-bond acceptors (Lipinski definition) is 2. The lowest BCUT2D eigenvalue weighted by atomic mass is 9.91. The van der Waals surface area contributed by atoms with Crippen molar-refractivity contribution < 1.29 is 4.74 Å². The van der Waals surface area contributed by atoms with Gasteiger partial charge in [-0.15, -0.1) is 0 Å². The molecule has 0 aromatic carbocycles. The Kier molecular flexibility index (Phi) is 4.12. The Hall–Kier alpha value is -0.530. The predicted octanol–water partition coefficient (Wildman–Crippen LogP) is 2.97. The summed E-state index contributed by atoms with van der Waals surface area (Å²) in [6.07, 6.45) is 8.93. The zero-order chi connectivity index (χ0) is 8.81. The number of methoxy groups -OCH3 is 1. The Morgan fingerprint density at radius 1 is 1.08 bits per heavy atom. The first kappa shape index (κ1) is 9.56. The molecular weight excluding hydrogens is 150 g/mol. The van der Waals surface area contributed by atoms with Crippen LogP contribution in [-0.2, 0) is 4.74 Å². The standard InChI is InChI=1S/C10H19NO/c1-12-10(11)9-7-5-3-2-4-6-8-9/h9,11H,2-8H2,1H3. The van der Waals surface area contributed by atoms with Gasteiger partial charge in [0.05, 0.1) is 7.11 Å². The van der Waals surface area contributed by atoms with E-state index in [1.807, 2.05) is 0 Å². The van der Waals surface area contributed by atoms with Gasteiger partial charge in [-0.3, -0.25) is 5.41 Å². The molecular formula is C10H19NO. The smallest absolute Gasteiger partial charge is 0.183 e. The van der Waals surface area contributed by atoms with Crippen molar-refractivity contribution in [3.05, 3.63) is 0 Å². The molecule has 2 nitrogen and oxygen atoms in total. The summed E-state index contributed by atoms with van der Waals surface area (Å²) in [6, 6.07) is 0. The van der Waals surface area contributed by atoms with E-state index in [-0.39, 0.29) is 0 Å². The Morgan fingerprint density at radius 2 is 1.58 bits per heavy atom. The van der Waals surface area contributed by atoms with Gasteiger partial charge in [0.15, 0.2) is 5.90 Å². The molecule has 0 saturated heterocycles. The minimum absolute atomic E-state index is 0.412. The Labute approximate surface area is 74.8 Å². The molecule has 12 heavy (non-hydrogen) atoms. The van der Waals surface area contributed by atoms with E-state index in [9.17, 15) is 0 Å². The van der Waals surface area contributed by atoms with Crippen LogP contribution in [0.4, 0.5) is 0 Å². The molecule has 1 aliphatic rings. The van der Waals surface area contributed by atoms with Gasteiger partial charge in [-0.25, -0.2) is 0 Å². The summed E-state index contributed by atoms with van der Waals surface area (Å²) >= 11 is 0. The molecule has 0 radical (unpaired) electrons. The van der Waals surface area contributed by atoms with Gasteiger partial charge in [0.1, 0.15) is 0 Å². The van der Waals surface area contributed by atoms with Gasteiger partial charge in [-0.2, -0.15) is 0 Å². The van der Waals surface area contributed by atoms with Crippen LogP contribution in [-0.4, -0.2) is 13.0 Å². The minimum atomic E-state index is 0.412. The van der Waals surface area contributed by atoms with Crippen LogP contribution in [0.5, 0.6) is 0 Å². The summed E-state index contributed by atoms with van der Waals surface area (Å²) in [5, 5.41) is 7.58. The van der Waals surface area contributed by atoms with Crippen LogP contribution in [0.1, 0.15) is 44.9 Å². The maximum absolute atomic E-state index is 7.58. The number of ether oxygens (including phenoxy) is 1. The fourth-order valence-corrected chi connectivity index (χ4v) is 1.88. The molecule has 0 unspecified atom stereocenters. The molecule has 0 aliphatic heterocycles. The number of nitrogens with one attached hydrogen (secondary N) is 1. The van der Waals surface area contributed by atoms with Crippen molar-refractivity contribution in [1.29, 1.82) is 5.41 Å². The molecule has 0 aromatic heterocycles. The SMILES string of the molecule is COC(=N)C1CCCCCCC1. The molecule has 0 atom stereocenters. The third kappa shape index (κ3) is 2.84. The Morgan fingerprint density at radius 3 is 2.08 bits per heavy atom. The summed E-state index contributed by atoms with van der Waals surface area (Å²) in [5.41, 5.74) is 0. The maximum atomic E-state index is 7.58. The molecule has 0 bridgehead atoms. The van der Waals surface area contributed by atoms with Crippen LogP contribution in [0.25, 0.3) is 0 Å². The first-order valence-electron chi connectivity index (χ1n) is 4.97. The second kappa shape index (κ2) is 5.18. The van der Waals surface area contributed by atoms with E-state index in [2.05, 4.69) is 0 Å². The van der Waals surface area contributed by atoms with Crippen molar-refractivity contribution >= 4 is 5.90 Å². The molecule has 0 spiro atoms. The van der Waals surface area contributed by atoms with Crippen LogP contribution >= 0.6 is 0 Å². The summed E-state index contributed by atoms with van der Waals surface area (Å²) < 4.78 is 4.97. The summed E-state index contributed by atoms with van der Waals surface area (Å²) in [5.74, 6) is 0.909. The van der Waals surface area contributed by atoms with Gasteiger partial charge in [0.25, 0.3) is 0 Å². The second-order valence-electron chi connectivity index (χ2n) is 3.61. The highest BCUT2D eigenvalue weighted by molar-refractivity contribution is 5.75. The number of rotatable bonds is 1. The molecule has 1 N–H and O–H groups in total. The van der Waals surface area contributed by atoms with Crippen molar-refractivity contribution in [2.24, 2.45) is 5.92 Å². The first-order chi connectivity index (χ1) is 5.84. The lowest BCUT2D eigenvalue weighted by Gasteiger charge is -2.18. The molecule has 70 valence electrons. The molecule has 2 heteroatoms. The average Bonchev–Trinajstić information content (AvgIpc) is 2.02. The largest absolute Gasteiger partial charge is 0.484 e. The van der Waals surface area contributed by atoms with E-state index in [0.717, 1.165) is 12.8 Å². The Balaban J connectivity index is 2.34. The highest BCUT2D eigenvalue weighted by atomic mass is 16.5. The average molecular weight is 169 g/mol. The van der Waals surface area contributed by atoms with Crippen molar-refractivity contribution in [2.45, 2.75) is 44.9 Å². The van der Waals surface area contributed by atoms with Crippen molar-refractivity contribution in [3.8, 4) is 0 Å². The minimum Gasteiger partial charge on any atom is -0.484 e. The fourth-order valence-electron chi connectivity index (χ4n) is 1.88. The van der Waals surface area contributed by atoms with Crippen LogP contribution in [0, 0.1) is 11.3 Å². The van der Waals surface area contributed by atoms with Gasteiger partial charge >= 0.3 is 0 Å². The first-order valence-corrected chi connectivity index (χ1v) is 4.97. The molecule has 1 aliphatic carbocycles. The van der Waals surface area contributed by atoms with Gasteiger partial charge in [0, 0.05) is 5.92 Å². The third-order valence-electron chi connectivity index (χ3n) is 2.70. The summed E-state index contributed by atoms with van der Waals surface area (Å²) in [6.45, 7) is 0. The second-order valence-corrected chi connectivity index (χ2v) is 3.61. The van der Waals surface area contributed by atoms with E-state index >= 15 is 0 Å². The van der Waals surface area contributed by atoms with Crippen molar-refractivity contribution in [2.75, 3.05) is 7.11 Å². The summed E-state index contributed by atoms with van der Waals surface area (Å²) in [7, 11) is 1.61. The quantitative estimate of drug-likeness (QED) is 0.475. The Bertz CT molecular complexity index is 137. The van der Waals surface area contributed by atoms with E-state index in [1.54, 1.807) is 7.11 Å². The zero-order valence-electron chi connectivity index (χ0n) is 7.94. The van der Waals surface area contributed by atoms with Crippen molar-refractivity contribution in [3.63, 3.8) is 0 Å².